The fourth-order valence-electron chi connectivity index (χ4n) is 3.58. The van der Waals surface area contributed by atoms with Crippen LogP contribution in [-0.2, 0) is 17.5 Å². The molecule has 0 radical (unpaired) electrons. The number of fused-ring (bicyclic) bond motifs is 1. The van der Waals surface area contributed by atoms with Gasteiger partial charge in [0.05, 0.1) is 22.4 Å². The number of benzene rings is 2. The molecule has 1 aromatic heterocycles. The van der Waals surface area contributed by atoms with Crippen molar-refractivity contribution >= 4 is 56.8 Å². The molecule has 0 fully saturated rings. The van der Waals surface area contributed by atoms with Gasteiger partial charge in [-0.1, -0.05) is 17.7 Å². The SMILES string of the molecule is CC1C(=O)Nc2cc(Cl)ccc2C(=O)N1Cc1ccc(C(=O)Nc2ccc(C(F)(F)F)cn2)c(Br)c1. The standard InChI is InChI=1S/C24H17BrClF3N4O3/c1-12-21(34)31-19-9-15(26)4-6-17(19)23(36)33(12)11-13-2-5-16(18(25)8-13)22(35)32-20-7-3-14(10-30-20)24(27,28)29/h2-10,12H,11H2,1H3,(H,31,34)(H,30,32,35). The van der Waals surface area contributed by atoms with Gasteiger partial charge >= 0.3 is 6.18 Å². The number of carbonyl (C=O) groups excluding carboxylic acids is 3. The number of aromatic nitrogens is 1. The molecule has 12 heteroatoms. The molecule has 0 saturated heterocycles. The molecule has 1 atom stereocenters. The average molecular weight is 582 g/mol. The van der Waals surface area contributed by atoms with E-state index in [2.05, 4.69) is 31.5 Å². The molecule has 1 aliphatic rings. The van der Waals surface area contributed by atoms with E-state index < -0.39 is 23.7 Å². The van der Waals surface area contributed by atoms with Crippen molar-refractivity contribution in [2.24, 2.45) is 0 Å². The normalized spacial score (nSPS) is 15.7. The van der Waals surface area contributed by atoms with E-state index in [4.69, 9.17) is 11.6 Å². The van der Waals surface area contributed by atoms with E-state index in [9.17, 15) is 27.6 Å². The fraction of sp³-hybridized carbons (Fsp3) is 0.167. The first kappa shape index (κ1) is 25.6. The van der Waals surface area contributed by atoms with E-state index in [0.717, 1.165) is 12.1 Å². The molecule has 0 aliphatic carbocycles. The Morgan fingerprint density at radius 1 is 1.17 bits per heavy atom. The highest BCUT2D eigenvalue weighted by molar-refractivity contribution is 9.10. The Hall–Kier alpha value is -3.44. The van der Waals surface area contributed by atoms with Crippen LogP contribution >= 0.6 is 27.5 Å². The highest BCUT2D eigenvalue weighted by atomic mass is 79.9. The van der Waals surface area contributed by atoms with Gasteiger partial charge < -0.3 is 15.5 Å². The molecule has 186 valence electrons. The summed E-state index contributed by atoms with van der Waals surface area (Å²) < 4.78 is 38.5. The topological polar surface area (TPSA) is 91.4 Å². The molecule has 1 aliphatic heterocycles. The van der Waals surface area contributed by atoms with Crippen molar-refractivity contribution in [1.29, 1.82) is 0 Å². The molecule has 36 heavy (non-hydrogen) atoms. The van der Waals surface area contributed by atoms with E-state index in [1.54, 1.807) is 31.2 Å². The summed E-state index contributed by atoms with van der Waals surface area (Å²) in [5.74, 6) is -1.37. The minimum Gasteiger partial charge on any atom is -0.324 e. The number of hydrogen-bond acceptors (Lipinski definition) is 4. The zero-order valence-electron chi connectivity index (χ0n) is 18.5. The van der Waals surface area contributed by atoms with Crippen LogP contribution < -0.4 is 10.6 Å². The number of nitrogens with zero attached hydrogens (tertiary/aromatic N) is 2. The Labute approximate surface area is 216 Å². The van der Waals surface area contributed by atoms with Crippen molar-refractivity contribution < 1.29 is 27.6 Å². The van der Waals surface area contributed by atoms with E-state index in [0.29, 0.717) is 32.5 Å². The minimum absolute atomic E-state index is 0.0438. The Bertz CT molecular complexity index is 1370. The molecule has 0 saturated carbocycles. The molecule has 2 N–H and O–H groups in total. The van der Waals surface area contributed by atoms with Crippen molar-refractivity contribution in [2.75, 3.05) is 10.6 Å². The van der Waals surface area contributed by atoms with Crippen molar-refractivity contribution in [3.8, 4) is 0 Å². The molecule has 2 aromatic carbocycles. The first-order valence-corrected chi connectivity index (χ1v) is 11.7. The van der Waals surface area contributed by atoms with Crippen molar-refractivity contribution in [3.63, 3.8) is 0 Å². The second kappa shape index (κ2) is 9.90. The van der Waals surface area contributed by atoms with Crippen LogP contribution in [0.3, 0.4) is 0 Å². The molecular weight excluding hydrogens is 565 g/mol. The lowest BCUT2D eigenvalue weighted by Crippen LogP contribution is -2.42. The van der Waals surface area contributed by atoms with Crippen molar-refractivity contribution in [2.45, 2.75) is 25.7 Å². The molecular formula is C24H17BrClF3N4O3. The lowest BCUT2D eigenvalue weighted by Gasteiger charge is -2.26. The van der Waals surface area contributed by atoms with Gasteiger partial charge in [0.2, 0.25) is 5.91 Å². The third-order valence-corrected chi connectivity index (χ3v) is 6.43. The molecule has 4 rings (SSSR count). The van der Waals surface area contributed by atoms with E-state index >= 15 is 0 Å². The molecule has 0 bridgehead atoms. The summed E-state index contributed by atoms with van der Waals surface area (Å²) in [5, 5.41) is 5.54. The minimum atomic E-state index is -4.53. The number of pyridine rings is 1. The van der Waals surface area contributed by atoms with Gasteiger partial charge in [0.25, 0.3) is 11.8 Å². The average Bonchev–Trinajstić information content (AvgIpc) is 2.89. The number of amides is 3. The lowest BCUT2D eigenvalue weighted by molar-refractivity contribution is -0.137. The number of alkyl halides is 3. The lowest BCUT2D eigenvalue weighted by atomic mass is 10.1. The molecule has 1 unspecified atom stereocenters. The first-order valence-electron chi connectivity index (χ1n) is 10.5. The van der Waals surface area contributed by atoms with Gasteiger partial charge in [-0.25, -0.2) is 4.98 Å². The highest BCUT2D eigenvalue weighted by Crippen LogP contribution is 2.30. The maximum Gasteiger partial charge on any atom is 0.417 e. The molecule has 3 amide bonds. The van der Waals surface area contributed by atoms with Gasteiger partial charge in [0.1, 0.15) is 11.9 Å². The van der Waals surface area contributed by atoms with Gasteiger partial charge in [0.15, 0.2) is 0 Å². The van der Waals surface area contributed by atoms with Crippen LogP contribution in [0.15, 0.2) is 59.2 Å². The van der Waals surface area contributed by atoms with Gasteiger partial charge in [-0.05, 0) is 70.9 Å². The highest BCUT2D eigenvalue weighted by Gasteiger charge is 2.33. The van der Waals surface area contributed by atoms with Gasteiger partial charge in [-0.15, -0.1) is 0 Å². The van der Waals surface area contributed by atoms with Gasteiger partial charge in [-0.2, -0.15) is 13.2 Å². The van der Waals surface area contributed by atoms with E-state index in [1.807, 2.05) is 0 Å². The second-order valence-corrected chi connectivity index (χ2v) is 9.28. The summed E-state index contributed by atoms with van der Waals surface area (Å²) in [4.78, 5) is 43.5. The Morgan fingerprint density at radius 3 is 2.56 bits per heavy atom. The second-order valence-electron chi connectivity index (χ2n) is 7.99. The Balaban J connectivity index is 1.52. The van der Waals surface area contributed by atoms with Crippen LogP contribution in [0, 0.1) is 0 Å². The Morgan fingerprint density at radius 2 is 1.92 bits per heavy atom. The summed E-state index contributed by atoms with van der Waals surface area (Å²) in [6.07, 6.45) is -3.90. The number of hydrogen-bond donors (Lipinski definition) is 2. The van der Waals surface area contributed by atoms with Crippen LogP contribution in [0.5, 0.6) is 0 Å². The quantitative estimate of drug-likeness (QED) is 0.410. The van der Waals surface area contributed by atoms with Crippen molar-refractivity contribution in [1.82, 2.24) is 9.88 Å². The van der Waals surface area contributed by atoms with Crippen LogP contribution in [-0.4, -0.2) is 33.6 Å². The fourth-order valence-corrected chi connectivity index (χ4v) is 4.36. The molecule has 0 spiro atoms. The predicted octanol–water partition coefficient (Wildman–Crippen LogP) is 5.75. The summed E-state index contributed by atoms with van der Waals surface area (Å²) in [6, 6.07) is 10.5. The van der Waals surface area contributed by atoms with E-state index in [-0.39, 0.29) is 29.7 Å². The van der Waals surface area contributed by atoms with Gasteiger partial charge in [0, 0.05) is 22.2 Å². The Kier molecular flexibility index (Phi) is 7.05. The van der Waals surface area contributed by atoms with Crippen LogP contribution in [0.4, 0.5) is 24.7 Å². The zero-order valence-corrected chi connectivity index (χ0v) is 20.8. The monoisotopic (exact) mass is 580 g/mol. The third kappa shape index (κ3) is 5.36. The summed E-state index contributed by atoms with van der Waals surface area (Å²) in [5.41, 5.74) is 0.542. The number of nitrogens with one attached hydrogen (secondary N) is 2. The predicted molar refractivity (Wildman–Crippen MR) is 131 cm³/mol. The molecule has 3 aromatic rings. The van der Waals surface area contributed by atoms with Gasteiger partial charge in [-0.3, -0.25) is 14.4 Å². The van der Waals surface area contributed by atoms with Crippen LogP contribution in [0.1, 0.15) is 38.8 Å². The molecule has 7 nitrogen and oxygen atoms in total. The van der Waals surface area contributed by atoms with E-state index in [1.165, 1.54) is 17.0 Å². The number of carbonyl (C=O) groups is 3. The van der Waals surface area contributed by atoms with Crippen LogP contribution in [0.25, 0.3) is 0 Å². The zero-order chi connectivity index (χ0) is 26.2. The summed E-state index contributed by atoms with van der Waals surface area (Å²) in [7, 11) is 0. The maximum absolute atomic E-state index is 13.2. The summed E-state index contributed by atoms with van der Waals surface area (Å²) in [6.45, 7) is 1.69. The number of halogens is 5. The smallest absolute Gasteiger partial charge is 0.324 e. The van der Waals surface area contributed by atoms with Crippen molar-refractivity contribution in [3.05, 3.63) is 86.5 Å². The number of anilines is 2. The third-order valence-electron chi connectivity index (χ3n) is 5.54. The number of rotatable bonds is 4. The summed E-state index contributed by atoms with van der Waals surface area (Å²) >= 11 is 9.33. The molecule has 2 heterocycles. The first-order chi connectivity index (χ1) is 16.9. The largest absolute Gasteiger partial charge is 0.417 e. The maximum atomic E-state index is 13.2. The van der Waals surface area contributed by atoms with Crippen LogP contribution in [0.2, 0.25) is 5.02 Å².